The summed E-state index contributed by atoms with van der Waals surface area (Å²) in [4.78, 5) is 30.8. The van der Waals surface area contributed by atoms with Gasteiger partial charge in [-0.3, -0.25) is 19.5 Å². The minimum atomic E-state index is -0.886. The van der Waals surface area contributed by atoms with E-state index in [-0.39, 0.29) is 24.2 Å². The zero-order valence-electron chi connectivity index (χ0n) is 19.4. The molecule has 1 aliphatic heterocycles. The molecule has 1 aliphatic carbocycles. The van der Waals surface area contributed by atoms with Crippen molar-refractivity contribution in [2.45, 2.75) is 32.3 Å². The molecule has 4 rings (SSSR count). The molecule has 1 saturated heterocycles. The van der Waals surface area contributed by atoms with Gasteiger partial charge in [0.25, 0.3) is 0 Å². The molecule has 3 N–H and O–H groups in total. The number of amides is 2. The average molecular weight is 463 g/mol. The normalized spacial score (nSPS) is 23.9. The van der Waals surface area contributed by atoms with Crippen molar-refractivity contribution in [3.05, 3.63) is 71.1 Å². The number of para-hydroxylation sites is 1. The number of rotatable bonds is 7. The van der Waals surface area contributed by atoms with Gasteiger partial charge in [0.2, 0.25) is 11.8 Å². The van der Waals surface area contributed by atoms with Crippen LogP contribution in [0, 0.1) is 17.8 Å². The lowest BCUT2D eigenvalue weighted by Crippen LogP contribution is -2.38. The molecule has 2 heterocycles. The van der Waals surface area contributed by atoms with Crippen molar-refractivity contribution in [1.82, 2.24) is 9.88 Å². The third-order valence-electron chi connectivity index (χ3n) is 7.05. The number of hydrogen-bond acceptors (Lipinski definition) is 6. The van der Waals surface area contributed by atoms with E-state index in [9.17, 15) is 24.9 Å². The highest BCUT2D eigenvalue weighted by molar-refractivity contribution is 6.05. The summed E-state index contributed by atoms with van der Waals surface area (Å²) in [5.74, 6) is -2.05. The molecule has 2 aromatic rings. The second-order valence-electron chi connectivity index (χ2n) is 9.09. The number of likely N-dealkylation sites (tertiary alicyclic amines) is 1. The van der Waals surface area contributed by atoms with Gasteiger partial charge in [-0.2, -0.15) is 0 Å². The van der Waals surface area contributed by atoms with Crippen molar-refractivity contribution >= 4 is 23.5 Å². The van der Waals surface area contributed by atoms with Crippen LogP contribution in [0.25, 0.3) is 11.6 Å². The predicted octanol–water partition coefficient (Wildman–Crippen LogP) is 3.03. The highest BCUT2D eigenvalue weighted by Crippen LogP contribution is 2.45. The van der Waals surface area contributed by atoms with E-state index in [1.165, 1.54) is 7.05 Å². The number of carbonyl (C=O) groups is 2. The second kappa shape index (κ2) is 9.91. The number of phenolic OH excluding ortho intramolecular Hbond substituents is 1. The summed E-state index contributed by atoms with van der Waals surface area (Å²) in [6, 6.07) is 12.6. The largest absolute Gasteiger partial charge is 0.507 e. The maximum atomic E-state index is 12.7. The molecule has 1 aromatic carbocycles. The van der Waals surface area contributed by atoms with E-state index >= 15 is 0 Å². The van der Waals surface area contributed by atoms with Crippen LogP contribution in [0.2, 0.25) is 0 Å². The highest BCUT2D eigenvalue weighted by Gasteiger charge is 2.53. The van der Waals surface area contributed by atoms with Crippen LogP contribution in [0.1, 0.15) is 37.4 Å². The first-order chi connectivity index (χ1) is 16.3. The van der Waals surface area contributed by atoms with Crippen LogP contribution in [0.3, 0.4) is 0 Å². The Balaban J connectivity index is 1.60. The summed E-state index contributed by atoms with van der Waals surface area (Å²) in [6.07, 6.45) is 3.88. The number of pyridine rings is 1. The SMILES string of the molecule is CC1=C([C@H](O)CC/C(=C/c2ccccc2O)c2ccccn2)[C@H](CO)[C@@H]2C(=O)N(C)C(=O)[C@@H]2C1. The Bertz CT molecular complexity index is 1140. The van der Waals surface area contributed by atoms with Crippen LogP contribution < -0.4 is 0 Å². The molecule has 7 nitrogen and oxygen atoms in total. The van der Waals surface area contributed by atoms with E-state index in [4.69, 9.17) is 0 Å². The molecule has 0 saturated carbocycles. The van der Waals surface area contributed by atoms with Crippen LogP contribution >= 0.6 is 0 Å². The topological polar surface area (TPSA) is 111 Å². The van der Waals surface area contributed by atoms with Gasteiger partial charge in [-0.15, -0.1) is 0 Å². The van der Waals surface area contributed by atoms with Gasteiger partial charge in [-0.05, 0) is 61.6 Å². The average Bonchev–Trinajstić information content (AvgIpc) is 3.05. The van der Waals surface area contributed by atoms with Crippen LogP contribution in [0.15, 0.2) is 59.8 Å². The Kier molecular flexibility index (Phi) is 6.95. The van der Waals surface area contributed by atoms with Gasteiger partial charge in [-0.1, -0.05) is 29.8 Å². The number of allylic oxidation sites excluding steroid dienone is 2. The Morgan fingerprint density at radius 3 is 2.59 bits per heavy atom. The van der Waals surface area contributed by atoms with Crippen molar-refractivity contribution in [2.75, 3.05) is 13.7 Å². The molecular formula is C27H30N2O5. The van der Waals surface area contributed by atoms with E-state index in [0.717, 1.165) is 21.7 Å². The Labute approximate surface area is 199 Å². The molecule has 0 radical (unpaired) electrons. The molecule has 178 valence electrons. The number of phenols is 1. The van der Waals surface area contributed by atoms with Gasteiger partial charge in [0.15, 0.2) is 0 Å². The van der Waals surface area contributed by atoms with Gasteiger partial charge in [0.05, 0.1) is 30.2 Å². The molecule has 2 amide bonds. The fourth-order valence-corrected chi connectivity index (χ4v) is 5.35. The van der Waals surface area contributed by atoms with E-state index in [1.807, 2.05) is 43.3 Å². The van der Waals surface area contributed by atoms with Crippen molar-refractivity contribution in [1.29, 1.82) is 0 Å². The van der Waals surface area contributed by atoms with E-state index < -0.39 is 23.9 Å². The Morgan fingerprint density at radius 1 is 1.18 bits per heavy atom. The lowest BCUT2D eigenvalue weighted by atomic mass is 9.68. The van der Waals surface area contributed by atoms with Crippen LogP contribution in [-0.4, -0.2) is 56.8 Å². The summed E-state index contributed by atoms with van der Waals surface area (Å²) in [7, 11) is 1.48. The number of benzene rings is 1. The van der Waals surface area contributed by atoms with Crippen molar-refractivity contribution < 1.29 is 24.9 Å². The molecule has 7 heteroatoms. The van der Waals surface area contributed by atoms with Gasteiger partial charge < -0.3 is 15.3 Å². The zero-order chi connectivity index (χ0) is 24.4. The quantitative estimate of drug-likeness (QED) is 0.431. The zero-order valence-corrected chi connectivity index (χ0v) is 19.4. The number of aromatic nitrogens is 1. The second-order valence-corrected chi connectivity index (χ2v) is 9.09. The summed E-state index contributed by atoms with van der Waals surface area (Å²) in [5, 5.41) is 31.6. The molecule has 0 spiro atoms. The van der Waals surface area contributed by atoms with Gasteiger partial charge in [0, 0.05) is 24.7 Å². The molecule has 34 heavy (non-hydrogen) atoms. The molecule has 0 bridgehead atoms. The lowest BCUT2D eigenvalue weighted by molar-refractivity contribution is -0.138. The first-order valence-electron chi connectivity index (χ1n) is 11.5. The molecule has 1 fully saturated rings. The smallest absolute Gasteiger partial charge is 0.233 e. The molecule has 0 unspecified atom stereocenters. The molecule has 4 atom stereocenters. The summed E-state index contributed by atoms with van der Waals surface area (Å²) in [6.45, 7) is 1.56. The van der Waals surface area contributed by atoms with Crippen LogP contribution in [0.5, 0.6) is 5.75 Å². The van der Waals surface area contributed by atoms with E-state index in [1.54, 1.807) is 18.3 Å². The maximum Gasteiger partial charge on any atom is 0.233 e. The lowest BCUT2D eigenvalue weighted by Gasteiger charge is -2.35. The number of nitrogens with zero attached hydrogens (tertiary/aromatic N) is 2. The first-order valence-corrected chi connectivity index (χ1v) is 11.5. The highest BCUT2D eigenvalue weighted by atomic mass is 16.3. The fourth-order valence-electron chi connectivity index (χ4n) is 5.35. The molecule has 1 aromatic heterocycles. The number of hydrogen-bond donors (Lipinski definition) is 3. The van der Waals surface area contributed by atoms with Crippen LogP contribution in [0.4, 0.5) is 0 Å². The summed E-state index contributed by atoms with van der Waals surface area (Å²) < 4.78 is 0. The predicted molar refractivity (Wildman–Crippen MR) is 128 cm³/mol. The number of aromatic hydroxyl groups is 1. The number of carbonyl (C=O) groups excluding carboxylic acids is 2. The van der Waals surface area contributed by atoms with Crippen molar-refractivity contribution in [3.63, 3.8) is 0 Å². The fraction of sp³-hybridized carbons (Fsp3) is 0.370. The number of aliphatic hydroxyl groups is 2. The van der Waals surface area contributed by atoms with E-state index in [0.29, 0.717) is 30.4 Å². The summed E-state index contributed by atoms with van der Waals surface area (Å²) in [5.41, 5.74) is 3.75. The van der Waals surface area contributed by atoms with Gasteiger partial charge >= 0.3 is 0 Å². The number of aliphatic hydroxyl groups excluding tert-OH is 2. The van der Waals surface area contributed by atoms with E-state index in [2.05, 4.69) is 4.98 Å². The third-order valence-corrected chi connectivity index (χ3v) is 7.05. The van der Waals surface area contributed by atoms with Crippen LogP contribution in [-0.2, 0) is 9.59 Å². The number of imide groups is 1. The van der Waals surface area contributed by atoms with Gasteiger partial charge in [-0.25, -0.2) is 0 Å². The molecular weight excluding hydrogens is 432 g/mol. The Morgan fingerprint density at radius 2 is 1.91 bits per heavy atom. The summed E-state index contributed by atoms with van der Waals surface area (Å²) >= 11 is 0. The maximum absolute atomic E-state index is 12.7. The Hall–Kier alpha value is -3.29. The van der Waals surface area contributed by atoms with Crippen molar-refractivity contribution in [2.24, 2.45) is 17.8 Å². The first kappa shape index (κ1) is 23.9. The third kappa shape index (κ3) is 4.41. The number of fused-ring (bicyclic) bond motifs is 1. The van der Waals surface area contributed by atoms with Crippen molar-refractivity contribution in [3.8, 4) is 5.75 Å². The standard InChI is InChI=1S/C27H30N2O5/c1-16-13-19-25(27(34)29(2)26(19)33)20(15-30)24(16)23(32)11-10-17(21-8-5-6-12-28-21)14-18-7-3-4-9-22(18)31/h3-9,12,14,19-20,23,25,30-32H,10-11,13,15H2,1-2H3/b17-14-/t19-,20+,23-,25-/m1/s1. The monoisotopic (exact) mass is 462 g/mol. The minimum Gasteiger partial charge on any atom is -0.507 e. The van der Waals surface area contributed by atoms with Gasteiger partial charge in [0.1, 0.15) is 5.75 Å². The minimum absolute atomic E-state index is 0.155. The molecule has 2 aliphatic rings.